The van der Waals surface area contributed by atoms with Crippen LogP contribution < -0.4 is 0 Å². The van der Waals surface area contributed by atoms with Crippen LogP contribution in [0.25, 0.3) is 11.1 Å². The number of nitro benzene ring substituents is 1. The molecule has 9 heteroatoms. The number of carbonyl (C=O) groups excluding carboxylic acids is 2. The van der Waals surface area contributed by atoms with Crippen molar-refractivity contribution >= 4 is 40.3 Å². The number of carbonyl (C=O) groups is 2. The second-order valence-electron chi connectivity index (χ2n) is 5.58. The molecule has 0 bridgehead atoms. The molecule has 8 nitrogen and oxygen atoms in total. The summed E-state index contributed by atoms with van der Waals surface area (Å²) in [7, 11) is 0. The van der Waals surface area contributed by atoms with Gasteiger partial charge in [-0.1, -0.05) is 36.0 Å². The Morgan fingerprint density at radius 1 is 1.26 bits per heavy atom. The number of ketones is 1. The number of ether oxygens (including phenoxy) is 1. The van der Waals surface area contributed by atoms with Crippen molar-refractivity contribution in [2.45, 2.75) is 12.1 Å². The molecule has 0 saturated carbocycles. The molecule has 3 rings (SSSR count). The van der Waals surface area contributed by atoms with E-state index in [4.69, 9.17) is 9.15 Å². The number of hydrogen-bond acceptors (Lipinski definition) is 8. The molecule has 0 radical (unpaired) electrons. The molecule has 0 unspecified atom stereocenters. The minimum Gasteiger partial charge on any atom is -0.457 e. The van der Waals surface area contributed by atoms with Gasteiger partial charge in [-0.3, -0.25) is 19.7 Å². The Balaban J connectivity index is 1.53. The lowest BCUT2D eigenvalue weighted by Gasteiger charge is -2.04. The molecule has 0 saturated heterocycles. The molecule has 0 aliphatic carbocycles. The van der Waals surface area contributed by atoms with Gasteiger partial charge in [0.15, 0.2) is 12.2 Å². The fourth-order valence-electron chi connectivity index (χ4n) is 2.28. The molecule has 0 N–H and O–H groups in total. The Hall–Kier alpha value is -3.20. The van der Waals surface area contributed by atoms with Crippen molar-refractivity contribution in [1.29, 1.82) is 0 Å². The van der Waals surface area contributed by atoms with Crippen LogP contribution >= 0.6 is 11.8 Å². The number of aryl methyl sites for hydroxylation is 1. The van der Waals surface area contributed by atoms with Gasteiger partial charge in [0.2, 0.25) is 5.78 Å². The van der Waals surface area contributed by atoms with Crippen LogP contribution in [-0.2, 0) is 9.53 Å². The van der Waals surface area contributed by atoms with E-state index in [-0.39, 0.29) is 17.0 Å². The quantitative estimate of drug-likeness (QED) is 0.199. The second kappa shape index (κ2) is 8.00. The van der Waals surface area contributed by atoms with Crippen molar-refractivity contribution in [1.82, 2.24) is 4.98 Å². The molecular formula is C18H14N2O6S. The maximum Gasteiger partial charge on any atom is 0.316 e. The normalized spacial score (nSPS) is 10.7. The molecule has 27 heavy (non-hydrogen) atoms. The number of benzene rings is 2. The Bertz CT molecular complexity index is 997. The first kappa shape index (κ1) is 18.6. The lowest BCUT2D eigenvalue weighted by atomic mass is 10.1. The van der Waals surface area contributed by atoms with E-state index in [1.54, 1.807) is 19.1 Å². The molecule has 1 heterocycles. The van der Waals surface area contributed by atoms with E-state index in [1.807, 2.05) is 12.1 Å². The molecule has 0 aliphatic heterocycles. The summed E-state index contributed by atoms with van der Waals surface area (Å²) in [4.78, 5) is 38.5. The average molecular weight is 386 g/mol. The first-order valence-corrected chi connectivity index (χ1v) is 8.85. The van der Waals surface area contributed by atoms with E-state index in [2.05, 4.69) is 4.98 Å². The van der Waals surface area contributed by atoms with E-state index in [0.717, 1.165) is 11.8 Å². The first-order valence-electron chi connectivity index (χ1n) is 7.86. The summed E-state index contributed by atoms with van der Waals surface area (Å²) in [6.45, 7) is 1.09. The molecule has 2 aromatic carbocycles. The van der Waals surface area contributed by atoms with Crippen LogP contribution in [0.5, 0.6) is 0 Å². The van der Waals surface area contributed by atoms with Crippen LogP contribution in [0.4, 0.5) is 5.69 Å². The van der Waals surface area contributed by atoms with E-state index in [9.17, 15) is 19.7 Å². The third-order valence-electron chi connectivity index (χ3n) is 3.68. The lowest BCUT2D eigenvalue weighted by Crippen LogP contribution is -2.15. The van der Waals surface area contributed by atoms with Crippen molar-refractivity contribution in [3.8, 4) is 0 Å². The minimum absolute atomic E-state index is 0.0753. The monoisotopic (exact) mass is 386 g/mol. The summed E-state index contributed by atoms with van der Waals surface area (Å²) in [5, 5.41) is 11.3. The number of rotatable bonds is 7. The van der Waals surface area contributed by atoms with Crippen molar-refractivity contribution < 1.29 is 23.7 Å². The van der Waals surface area contributed by atoms with Crippen LogP contribution in [-0.4, -0.2) is 34.0 Å². The Labute approximate surface area is 157 Å². The summed E-state index contributed by atoms with van der Waals surface area (Å²) < 4.78 is 10.4. The van der Waals surface area contributed by atoms with Gasteiger partial charge in [0.1, 0.15) is 11.3 Å². The van der Waals surface area contributed by atoms with Crippen molar-refractivity contribution in [2.24, 2.45) is 0 Å². The maximum atomic E-state index is 12.1. The first-order chi connectivity index (χ1) is 12.9. The van der Waals surface area contributed by atoms with Crippen molar-refractivity contribution in [3.63, 3.8) is 0 Å². The second-order valence-corrected chi connectivity index (χ2v) is 6.50. The smallest absolute Gasteiger partial charge is 0.316 e. The fraction of sp³-hybridized carbons (Fsp3) is 0.167. The summed E-state index contributed by atoms with van der Waals surface area (Å²) >= 11 is 1.06. The minimum atomic E-state index is -0.614. The number of para-hydroxylation sites is 2. The Morgan fingerprint density at radius 3 is 2.78 bits per heavy atom. The molecule has 138 valence electrons. The van der Waals surface area contributed by atoms with Gasteiger partial charge in [-0.2, -0.15) is 0 Å². The molecule has 0 fully saturated rings. The van der Waals surface area contributed by atoms with E-state index in [0.29, 0.717) is 21.9 Å². The van der Waals surface area contributed by atoms with Gasteiger partial charge < -0.3 is 9.15 Å². The molecular weight excluding hydrogens is 372 g/mol. The zero-order valence-corrected chi connectivity index (χ0v) is 15.0. The van der Waals surface area contributed by atoms with Crippen molar-refractivity contribution in [2.75, 3.05) is 12.4 Å². The highest BCUT2D eigenvalue weighted by Gasteiger charge is 2.17. The van der Waals surface area contributed by atoms with Gasteiger partial charge in [0, 0.05) is 17.2 Å². The molecule has 0 aliphatic rings. The third-order valence-corrected chi connectivity index (χ3v) is 4.48. The number of Topliss-reactive ketones (excluding diaryl/α,β-unsaturated/α-hetero) is 1. The van der Waals surface area contributed by atoms with Gasteiger partial charge in [0.05, 0.1) is 4.92 Å². The zero-order valence-electron chi connectivity index (χ0n) is 14.2. The molecule has 0 amide bonds. The number of esters is 1. The lowest BCUT2D eigenvalue weighted by molar-refractivity contribution is -0.385. The van der Waals surface area contributed by atoms with Crippen LogP contribution in [0.2, 0.25) is 0 Å². The Morgan fingerprint density at radius 2 is 2.04 bits per heavy atom. The highest BCUT2D eigenvalue weighted by Crippen LogP contribution is 2.23. The topological polar surface area (TPSA) is 113 Å². The van der Waals surface area contributed by atoms with Gasteiger partial charge in [-0.25, -0.2) is 4.98 Å². The predicted octanol–water partition coefficient (Wildman–Crippen LogP) is 3.56. The SMILES string of the molecule is Cc1ccc(C(=O)COC(=O)CSc2nc3ccccc3o2)cc1[N+](=O)[O-]. The number of aromatic nitrogens is 1. The number of nitro groups is 1. The summed E-state index contributed by atoms with van der Waals surface area (Å²) in [5.41, 5.74) is 1.71. The van der Waals surface area contributed by atoms with Gasteiger partial charge in [-0.15, -0.1) is 0 Å². The highest BCUT2D eigenvalue weighted by molar-refractivity contribution is 7.99. The van der Waals surface area contributed by atoms with Crippen molar-refractivity contribution in [3.05, 3.63) is 63.7 Å². The Kier molecular flexibility index (Phi) is 5.51. The third kappa shape index (κ3) is 4.50. The van der Waals surface area contributed by atoms with Gasteiger partial charge in [-0.05, 0) is 19.1 Å². The highest BCUT2D eigenvalue weighted by atomic mass is 32.2. The number of thioether (sulfide) groups is 1. The van der Waals surface area contributed by atoms with Gasteiger partial charge >= 0.3 is 5.97 Å². The molecule has 0 atom stereocenters. The number of nitrogens with zero attached hydrogens (tertiary/aromatic N) is 2. The van der Waals surface area contributed by atoms with E-state index >= 15 is 0 Å². The number of oxazole rings is 1. The van der Waals surface area contributed by atoms with E-state index in [1.165, 1.54) is 18.2 Å². The largest absolute Gasteiger partial charge is 0.457 e. The predicted molar refractivity (Wildman–Crippen MR) is 97.9 cm³/mol. The molecule has 0 spiro atoms. The molecule has 3 aromatic rings. The summed E-state index contributed by atoms with van der Waals surface area (Å²) in [6, 6.07) is 11.3. The molecule has 1 aromatic heterocycles. The van der Waals surface area contributed by atoms with Crippen LogP contribution in [0.15, 0.2) is 52.1 Å². The zero-order chi connectivity index (χ0) is 19.4. The summed E-state index contributed by atoms with van der Waals surface area (Å²) in [5.74, 6) is -1.20. The average Bonchev–Trinajstić information content (AvgIpc) is 3.07. The fourth-order valence-corrected chi connectivity index (χ4v) is 2.92. The number of fused-ring (bicyclic) bond motifs is 1. The maximum absolute atomic E-state index is 12.1. The van der Waals surface area contributed by atoms with E-state index < -0.39 is 23.3 Å². The standard InChI is InChI=1S/C18H14N2O6S/c1-11-6-7-12(8-14(11)20(23)24)15(21)9-25-17(22)10-27-18-19-13-4-2-3-5-16(13)26-18/h2-8H,9-10H2,1H3. The van der Waals surface area contributed by atoms with Crippen LogP contribution in [0, 0.1) is 17.0 Å². The van der Waals surface area contributed by atoms with Crippen LogP contribution in [0.1, 0.15) is 15.9 Å². The summed E-state index contributed by atoms with van der Waals surface area (Å²) in [6.07, 6.45) is 0. The van der Waals surface area contributed by atoms with Crippen LogP contribution in [0.3, 0.4) is 0 Å². The number of hydrogen-bond donors (Lipinski definition) is 0. The van der Waals surface area contributed by atoms with Gasteiger partial charge in [0.25, 0.3) is 10.9 Å².